The van der Waals surface area contributed by atoms with Crippen molar-refractivity contribution in [3.63, 3.8) is 0 Å². The molecule has 1 heterocycles. The van der Waals surface area contributed by atoms with Gasteiger partial charge in [-0.1, -0.05) is 29.0 Å². The Labute approximate surface area is 173 Å². The topological polar surface area (TPSA) is 95.7 Å². The summed E-state index contributed by atoms with van der Waals surface area (Å²) in [7, 11) is 4.48. The van der Waals surface area contributed by atoms with Crippen LogP contribution in [0.3, 0.4) is 0 Å². The van der Waals surface area contributed by atoms with E-state index in [0.717, 1.165) is 11.3 Å². The maximum atomic E-state index is 13.2. The number of anilines is 3. The third kappa shape index (κ3) is 3.97. The lowest BCUT2D eigenvalue weighted by atomic mass is 10.1. The number of hydrogen-bond donors (Lipinski definition) is 2. The van der Waals surface area contributed by atoms with Crippen molar-refractivity contribution >= 4 is 33.8 Å². The van der Waals surface area contributed by atoms with E-state index in [4.69, 9.17) is 19.9 Å². The molecule has 7 nitrogen and oxygen atoms in total. The molecular weight excluding hydrogens is 390 g/mol. The van der Waals surface area contributed by atoms with Gasteiger partial charge in [-0.2, -0.15) is 0 Å². The lowest BCUT2D eigenvalue weighted by molar-refractivity contribution is 0.103. The summed E-state index contributed by atoms with van der Waals surface area (Å²) in [6.07, 6.45) is 0. The molecule has 0 saturated heterocycles. The molecule has 152 valence electrons. The highest BCUT2D eigenvalue weighted by molar-refractivity contribution is 7.18. The summed E-state index contributed by atoms with van der Waals surface area (Å²) in [5.74, 6) is 0.956. The number of nitrogens with zero attached hydrogens (tertiary/aromatic N) is 1. The van der Waals surface area contributed by atoms with E-state index in [1.807, 2.05) is 26.0 Å². The number of methoxy groups -OCH3 is 3. The highest BCUT2D eigenvalue weighted by atomic mass is 32.1. The first-order valence-electron chi connectivity index (χ1n) is 8.83. The van der Waals surface area contributed by atoms with Gasteiger partial charge in [0.2, 0.25) is 11.5 Å². The first-order chi connectivity index (χ1) is 13.9. The number of aromatic nitrogens is 1. The fourth-order valence-corrected chi connectivity index (χ4v) is 3.87. The minimum absolute atomic E-state index is 0.157. The van der Waals surface area contributed by atoms with E-state index in [0.29, 0.717) is 27.1 Å². The summed E-state index contributed by atoms with van der Waals surface area (Å²) in [4.78, 5) is 17.8. The number of aryl methyl sites for hydroxylation is 2. The van der Waals surface area contributed by atoms with Crippen LogP contribution in [0, 0.1) is 13.8 Å². The number of ether oxygens (including phenoxy) is 3. The van der Waals surface area contributed by atoms with Crippen LogP contribution in [-0.4, -0.2) is 32.1 Å². The Hall–Kier alpha value is -3.26. The number of nitrogen functional groups attached to an aromatic ring is 1. The monoisotopic (exact) mass is 413 g/mol. The highest BCUT2D eigenvalue weighted by Gasteiger charge is 2.25. The fraction of sp³-hybridized carbons (Fsp3) is 0.238. The largest absolute Gasteiger partial charge is 0.493 e. The minimum atomic E-state index is -0.300. The van der Waals surface area contributed by atoms with Gasteiger partial charge in [-0.25, -0.2) is 4.98 Å². The van der Waals surface area contributed by atoms with Crippen LogP contribution in [0.4, 0.5) is 16.6 Å². The van der Waals surface area contributed by atoms with Gasteiger partial charge in [-0.15, -0.1) is 0 Å². The standard InChI is InChI=1S/C21H23N3O4S/c1-11-6-8-14(12(2)10-11)23-21-24-20(22)19(29-21)16(25)13-7-9-15(26-3)18(28-5)17(13)27-4/h6-10H,22H2,1-5H3,(H,23,24). The molecule has 29 heavy (non-hydrogen) atoms. The molecule has 0 amide bonds. The molecule has 3 aromatic rings. The number of carbonyl (C=O) groups is 1. The van der Waals surface area contributed by atoms with E-state index >= 15 is 0 Å². The van der Waals surface area contributed by atoms with Gasteiger partial charge < -0.3 is 25.3 Å². The van der Waals surface area contributed by atoms with Crippen LogP contribution in [0.25, 0.3) is 0 Å². The average molecular weight is 413 g/mol. The molecule has 0 aliphatic heterocycles. The SMILES string of the molecule is COc1ccc(C(=O)c2sc(Nc3ccc(C)cc3C)nc2N)c(OC)c1OC. The second-order valence-electron chi connectivity index (χ2n) is 6.39. The Morgan fingerprint density at radius 3 is 2.38 bits per heavy atom. The zero-order chi connectivity index (χ0) is 21.1. The number of ketones is 1. The Balaban J connectivity index is 1.97. The van der Waals surface area contributed by atoms with Crippen LogP contribution in [0.1, 0.15) is 26.4 Å². The van der Waals surface area contributed by atoms with Crippen LogP contribution in [0.5, 0.6) is 17.2 Å². The normalized spacial score (nSPS) is 10.5. The third-order valence-corrected chi connectivity index (χ3v) is 5.42. The van der Waals surface area contributed by atoms with Crippen molar-refractivity contribution in [2.75, 3.05) is 32.4 Å². The molecule has 1 aromatic heterocycles. The van der Waals surface area contributed by atoms with Crippen LogP contribution in [-0.2, 0) is 0 Å². The summed E-state index contributed by atoms with van der Waals surface area (Å²) in [5, 5.41) is 3.77. The van der Waals surface area contributed by atoms with Gasteiger partial charge in [0.15, 0.2) is 16.6 Å². The van der Waals surface area contributed by atoms with Crippen LogP contribution < -0.4 is 25.3 Å². The second-order valence-corrected chi connectivity index (χ2v) is 7.39. The molecule has 0 spiro atoms. The number of nitrogens with one attached hydrogen (secondary N) is 1. The molecule has 0 atom stereocenters. The van der Waals surface area contributed by atoms with Gasteiger partial charge in [0.1, 0.15) is 10.7 Å². The third-order valence-electron chi connectivity index (χ3n) is 4.43. The number of nitrogens with two attached hydrogens (primary N) is 1. The Kier molecular flexibility index (Phi) is 5.93. The van der Waals surface area contributed by atoms with Gasteiger partial charge in [-0.3, -0.25) is 4.79 Å². The average Bonchev–Trinajstić information content (AvgIpc) is 3.08. The molecule has 0 fully saturated rings. The van der Waals surface area contributed by atoms with E-state index in [2.05, 4.69) is 16.4 Å². The van der Waals surface area contributed by atoms with Gasteiger partial charge in [0.25, 0.3) is 0 Å². The van der Waals surface area contributed by atoms with Crippen LogP contribution >= 0.6 is 11.3 Å². The van der Waals surface area contributed by atoms with Gasteiger partial charge in [-0.05, 0) is 37.6 Å². The molecule has 0 aliphatic carbocycles. The maximum Gasteiger partial charge on any atom is 0.210 e. The van der Waals surface area contributed by atoms with Crippen molar-refractivity contribution in [2.24, 2.45) is 0 Å². The van der Waals surface area contributed by atoms with Crippen molar-refractivity contribution in [3.8, 4) is 17.2 Å². The molecule has 8 heteroatoms. The number of thiazole rings is 1. The van der Waals surface area contributed by atoms with E-state index in [-0.39, 0.29) is 17.4 Å². The van der Waals surface area contributed by atoms with E-state index in [1.54, 1.807) is 12.1 Å². The van der Waals surface area contributed by atoms with Crippen molar-refractivity contribution in [3.05, 3.63) is 51.9 Å². The summed E-state index contributed by atoms with van der Waals surface area (Å²) in [6.45, 7) is 4.04. The zero-order valence-corrected chi connectivity index (χ0v) is 17.8. The molecule has 3 N–H and O–H groups in total. The van der Waals surface area contributed by atoms with Gasteiger partial charge in [0, 0.05) is 5.69 Å². The molecule has 0 unspecified atom stereocenters. The summed E-state index contributed by atoms with van der Waals surface area (Å²) in [5.41, 5.74) is 9.53. The molecular formula is C21H23N3O4S. The predicted molar refractivity (Wildman–Crippen MR) is 115 cm³/mol. The highest BCUT2D eigenvalue weighted by Crippen LogP contribution is 2.41. The summed E-state index contributed by atoms with van der Waals surface area (Å²) in [6, 6.07) is 9.33. The first-order valence-corrected chi connectivity index (χ1v) is 9.65. The molecule has 0 aliphatic rings. The molecule has 0 bridgehead atoms. The number of carbonyl (C=O) groups excluding carboxylic acids is 1. The van der Waals surface area contributed by atoms with Gasteiger partial charge >= 0.3 is 0 Å². The van der Waals surface area contributed by atoms with Crippen LogP contribution in [0.15, 0.2) is 30.3 Å². The fourth-order valence-electron chi connectivity index (χ4n) is 3.02. The van der Waals surface area contributed by atoms with Crippen molar-refractivity contribution < 1.29 is 19.0 Å². The Bertz CT molecular complexity index is 1060. The van der Waals surface area contributed by atoms with Crippen molar-refractivity contribution in [2.45, 2.75) is 13.8 Å². The quantitative estimate of drug-likeness (QED) is 0.556. The molecule has 0 radical (unpaired) electrons. The van der Waals surface area contributed by atoms with E-state index in [1.165, 1.54) is 38.2 Å². The zero-order valence-electron chi connectivity index (χ0n) is 17.0. The first kappa shape index (κ1) is 20.5. The summed E-state index contributed by atoms with van der Waals surface area (Å²) >= 11 is 1.19. The Morgan fingerprint density at radius 2 is 1.76 bits per heavy atom. The number of hydrogen-bond acceptors (Lipinski definition) is 8. The van der Waals surface area contributed by atoms with Crippen molar-refractivity contribution in [1.29, 1.82) is 0 Å². The van der Waals surface area contributed by atoms with Crippen molar-refractivity contribution in [1.82, 2.24) is 4.98 Å². The molecule has 3 rings (SSSR count). The van der Waals surface area contributed by atoms with Gasteiger partial charge in [0.05, 0.1) is 26.9 Å². The van der Waals surface area contributed by atoms with Crippen LogP contribution in [0.2, 0.25) is 0 Å². The minimum Gasteiger partial charge on any atom is -0.493 e. The lowest BCUT2D eigenvalue weighted by Crippen LogP contribution is -2.06. The number of benzene rings is 2. The Morgan fingerprint density at radius 1 is 1.03 bits per heavy atom. The van der Waals surface area contributed by atoms with E-state index in [9.17, 15) is 4.79 Å². The molecule has 2 aromatic carbocycles. The second kappa shape index (κ2) is 8.40. The van der Waals surface area contributed by atoms with E-state index < -0.39 is 0 Å². The lowest BCUT2D eigenvalue weighted by Gasteiger charge is -2.14. The summed E-state index contributed by atoms with van der Waals surface area (Å²) < 4.78 is 16.1. The maximum absolute atomic E-state index is 13.2. The molecule has 0 saturated carbocycles. The number of rotatable bonds is 7. The predicted octanol–water partition coefficient (Wildman–Crippen LogP) is 4.34. The smallest absolute Gasteiger partial charge is 0.210 e.